The molecule has 0 aliphatic carbocycles. The first-order valence-electron chi connectivity index (χ1n) is 9.70. The van der Waals surface area contributed by atoms with Crippen molar-refractivity contribution in [3.8, 4) is 0 Å². The number of likely N-dealkylation sites (tertiary alicyclic amines) is 1. The Hall–Kier alpha value is -2.63. The van der Waals surface area contributed by atoms with Crippen LogP contribution in [0.1, 0.15) is 29.6 Å². The van der Waals surface area contributed by atoms with E-state index in [2.05, 4.69) is 14.8 Å². The molecule has 6 heteroatoms. The van der Waals surface area contributed by atoms with E-state index in [1.54, 1.807) is 6.20 Å². The third kappa shape index (κ3) is 4.04. The summed E-state index contributed by atoms with van der Waals surface area (Å²) in [5.41, 5.74) is 2.72. The van der Waals surface area contributed by atoms with Crippen LogP contribution in [0, 0.1) is 5.82 Å². The maximum absolute atomic E-state index is 13.1. The van der Waals surface area contributed by atoms with Crippen LogP contribution >= 0.6 is 0 Å². The molecular weight excluding hydrogens is 343 g/mol. The first-order valence-corrected chi connectivity index (χ1v) is 9.70. The second-order valence-corrected chi connectivity index (χ2v) is 7.24. The Bertz CT molecular complexity index is 781. The number of hydrogen-bond donors (Lipinski definition) is 0. The Morgan fingerprint density at radius 2 is 1.44 bits per heavy atom. The molecule has 2 aliphatic heterocycles. The topological polar surface area (TPSA) is 39.7 Å². The Kier molecular flexibility index (Phi) is 5.23. The zero-order valence-electron chi connectivity index (χ0n) is 15.5. The molecular formula is C21H25FN4O. The van der Waals surface area contributed by atoms with Crippen LogP contribution in [0.25, 0.3) is 0 Å². The molecule has 2 saturated heterocycles. The number of carbonyl (C=O) groups excluding carboxylic acids is 1. The number of amides is 1. The molecule has 2 aromatic rings. The van der Waals surface area contributed by atoms with Crippen LogP contribution in [-0.4, -0.2) is 55.1 Å². The van der Waals surface area contributed by atoms with E-state index in [4.69, 9.17) is 0 Å². The number of anilines is 2. The molecule has 0 atom stereocenters. The molecule has 0 bridgehead atoms. The highest BCUT2D eigenvalue weighted by Gasteiger charge is 2.21. The average molecular weight is 368 g/mol. The van der Waals surface area contributed by atoms with Crippen molar-refractivity contribution >= 4 is 17.3 Å². The normalized spacial score (nSPS) is 17.9. The molecule has 0 spiro atoms. The fraction of sp³-hybridized carbons (Fsp3) is 0.429. The summed E-state index contributed by atoms with van der Waals surface area (Å²) in [6.45, 7) is 5.10. The van der Waals surface area contributed by atoms with E-state index in [9.17, 15) is 9.18 Å². The minimum absolute atomic E-state index is 0.0917. The maximum Gasteiger partial charge on any atom is 0.255 e. The lowest BCUT2D eigenvalue weighted by molar-refractivity contribution is 0.0724. The van der Waals surface area contributed by atoms with Gasteiger partial charge in [0.1, 0.15) is 5.82 Å². The number of carbonyl (C=O) groups is 1. The third-order valence-electron chi connectivity index (χ3n) is 5.45. The minimum Gasteiger partial charge on any atom is -0.368 e. The van der Waals surface area contributed by atoms with Gasteiger partial charge in [-0.25, -0.2) is 4.39 Å². The van der Waals surface area contributed by atoms with Gasteiger partial charge in [-0.2, -0.15) is 0 Å². The summed E-state index contributed by atoms with van der Waals surface area (Å²) in [5, 5.41) is 0. The molecule has 0 radical (unpaired) electrons. The number of piperidine rings is 1. The lowest BCUT2D eigenvalue weighted by Gasteiger charge is -2.37. The van der Waals surface area contributed by atoms with Crippen LogP contribution in [0.15, 0.2) is 42.7 Å². The molecule has 3 heterocycles. The monoisotopic (exact) mass is 368 g/mol. The van der Waals surface area contributed by atoms with E-state index < -0.39 is 0 Å². The molecule has 4 rings (SSSR count). The molecule has 1 aromatic heterocycles. The summed E-state index contributed by atoms with van der Waals surface area (Å²) in [5.74, 6) is -0.118. The molecule has 0 saturated carbocycles. The SMILES string of the molecule is O=C(c1cncc(N2CCN(c3ccc(F)cc3)CC2)c1)N1CCCCC1. The van der Waals surface area contributed by atoms with Gasteiger partial charge in [0, 0.05) is 51.2 Å². The molecule has 1 amide bonds. The number of nitrogens with zero attached hydrogens (tertiary/aromatic N) is 4. The fourth-order valence-corrected chi connectivity index (χ4v) is 3.87. The highest BCUT2D eigenvalue weighted by atomic mass is 19.1. The quantitative estimate of drug-likeness (QED) is 0.834. The second kappa shape index (κ2) is 7.94. The fourth-order valence-electron chi connectivity index (χ4n) is 3.87. The summed E-state index contributed by atoms with van der Waals surface area (Å²) in [7, 11) is 0. The number of aromatic nitrogens is 1. The van der Waals surface area contributed by atoms with Crippen LogP contribution in [-0.2, 0) is 0 Å². The molecule has 0 N–H and O–H groups in total. The van der Waals surface area contributed by atoms with Gasteiger partial charge in [0.15, 0.2) is 0 Å². The van der Waals surface area contributed by atoms with Crippen molar-refractivity contribution in [2.24, 2.45) is 0 Å². The molecule has 142 valence electrons. The Morgan fingerprint density at radius 1 is 0.815 bits per heavy atom. The highest BCUT2D eigenvalue weighted by Crippen LogP contribution is 2.22. The van der Waals surface area contributed by atoms with Gasteiger partial charge in [0.25, 0.3) is 5.91 Å². The van der Waals surface area contributed by atoms with Gasteiger partial charge in [-0.3, -0.25) is 9.78 Å². The predicted molar refractivity (Wildman–Crippen MR) is 105 cm³/mol. The Morgan fingerprint density at radius 3 is 2.11 bits per heavy atom. The summed E-state index contributed by atoms with van der Waals surface area (Å²) in [6.07, 6.45) is 6.89. The van der Waals surface area contributed by atoms with Crippen molar-refractivity contribution in [2.45, 2.75) is 19.3 Å². The summed E-state index contributed by atoms with van der Waals surface area (Å²) >= 11 is 0. The zero-order valence-corrected chi connectivity index (χ0v) is 15.5. The molecule has 1 aromatic carbocycles. The van der Waals surface area contributed by atoms with Crippen LogP contribution in [0.5, 0.6) is 0 Å². The first-order chi connectivity index (χ1) is 13.2. The van der Waals surface area contributed by atoms with Crippen molar-refractivity contribution < 1.29 is 9.18 Å². The first kappa shape index (κ1) is 17.8. The molecule has 2 aliphatic rings. The number of pyridine rings is 1. The Labute approximate surface area is 159 Å². The van der Waals surface area contributed by atoms with Crippen LogP contribution in [0.2, 0.25) is 0 Å². The van der Waals surface area contributed by atoms with Crippen LogP contribution in [0.3, 0.4) is 0 Å². The summed E-state index contributed by atoms with van der Waals surface area (Å²) in [4.78, 5) is 23.5. The lowest BCUT2D eigenvalue weighted by Crippen LogP contribution is -2.46. The van der Waals surface area contributed by atoms with Crippen molar-refractivity contribution in [3.05, 3.63) is 54.1 Å². The van der Waals surface area contributed by atoms with E-state index >= 15 is 0 Å². The number of hydrogen-bond acceptors (Lipinski definition) is 4. The average Bonchev–Trinajstić information content (AvgIpc) is 2.75. The lowest BCUT2D eigenvalue weighted by atomic mass is 10.1. The zero-order chi connectivity index (χ0) is 18.6. The largest absolute Gasteiger partial charge is 0.368 e. The van der Waals surface area contributed by atoms with E-state index in [-0.39, 0.29) is 11.7 Å². The summed E-state index contributed by atoms with van der Waals surface area (Å²) < 4.78 is 13.1. The number of benzene rings is 1. The van der Waals surface area contributed by atoms with E-state index in [0.717, 1.165) is 63.5 Å². The molecule has 27 heavy (non-hydrogen) atoms. The van der Waals surface area contributed by atoms with Gasteiger partial charge >= 0.3 is 0 Å². The third-order valence-corrected chi connectivity index (χ3v) is 5.45. The van der Waals surface area contributed by atoms with Gasteiger partial charge in [-0.1, -0.05) is 0 Å². The van der Waals surface area contributed by atoms with Gasteiger partial charge in [-0.05, 0) is 49.6 Å². The van der Waals surface area contributed by atoms with Gasteiger partial charge < -0.3 is 14.7 Å². The van der Waals surface area contributed by atoms with Gasteiger partial charge in [0.2, 0.25) is 0 Å². The number of halogens is 1. The van der Waals surface area contributed by atoms with Crippen molar-refractivity contribution in [3.63, 3.8) is 0 Å². The van der Waals surface area contributed by atoms with E-state index in [1.165, 1.54) is 18.6 Å². The number of rotatable bonds is 3. The Balaban J connectivity index is 1.41. The second-order valence-electron chi connectivity index (χ2n) is 7.24. The van der Waals surface area contributed by atoms with E-state index in [1.807, 2.05) is 29.3 Å². The van der Waals surface area contributed by atoms with Crippen molar-refractivity contribution in [1.29, 1.82) is 0 Å². The van der Waals surface area contributed by atoms with Gasteiger partial charge in [-0.15, -0.1) is 0 Å². The summed E-state index contributed by atoms with van der Waals surface area (Å²) in [6, 6.07) is 8.62. The standard InChI is InChI=1S/C21H25FN4O/c22-18-4-6-19(7-5-18)24-10-12-25(13-11-24)20-14-17(15-23-16-20)21(27)26-8-2-1-3-9-26/h4-7,14-16H,1-3,8-13H2. The smallest absolute Gasteiger partial charge is 0.255 e. The molecule has 2 fully saturated rings. The predicted octanol–water partition coefficient (Wildman–Crippen LogP) is 3.17. The number of piperazine rings is 1. The van der Waals surface area contributed by atoms with Gasteiger partial charge in [0.05, 0.1) is 17.4 Å². The van der Waals surface area contributed by atoms with Crippen molar-refractivity contribution in [2.75, 3.05) is 49.1 Å². The molecule has 0 unspecified atom stereocenters. The highest BCUT2D eigenvalue weighted by molar-refractivity contribution is 5.94. The van der Waals surface area contributed by atoms with E-state index in [0.29, 0.717) is 5.56 Å². The molecule has 5 nitrogen and oxygen atoms in total. The van der Waals surface area contributed by atoms with Crippen LogP contribution < -0.4 is 9.80 Å². The van der Waals surface area contributed by atoms with Crippen LogP contribution in [0.4, 0.5) is 15.8 Å². The van der Waals surface area contributed by atoms with Crippen molar-refractivity contribution in [1.82, 2.24) is 9.88 Å². The maximum atomic E-state index is 13.1. The minimum atomic E-state index is -0.210.